The van der Waals surface area contributed by atoms with Gasteiger partial charge in [0.25, 0.3) is 0 Å². The van der Waals surface area contributed by atoms with Gasteiger partial charge >= 0.3 is 0 Å². The summed E-state index contributed by atoms with van der Waals surface area (Å²) >= 11 is 0. The molecule has 2 unspecified atom stereocenters. The van der Waals surface area contributed by atoms with E-state index >= 15 is 0 Å². The van der Waals surface area contributed by atoms with Crippen LogP contribution in [-0.2, 0) is 4.74 Å². The molecule has 0 spiro atoms. The molecule has 0 aromatic carbocycles. The minimum atomic E-state index is -0.0717. The fourth-order valence-electron chi connectivity index (χ4n) is 1.62. The van der Waals surface area contributed by atoms with Gasteiger partial charge in [0.15, 0.2) is 0 Å². The highest BCUT2D eigenvalue weighted by Crippen LogP contribution is 2.22. The molecule has 2 heteroatoms. The zero-order chi connectivity index (χ0) is 10.3. The van der Waals surface area contributed by atoms with Crippen LogP contribution in [-0.4, -0.2) is 25.3 Å². The highest BCUT2D eigenvalue weighted by Gasteiger charge is 2.30. The van der Waals surface area contributed by atoms with Gasteiger partial charge < -0.3 is 10.1 Å². The van der Waals surface area contributed by atoms with E-state index in [1.165, 1.54) is 0 Å². The molecule has 0 aromatic rings. The average molecular weight is 185 g/mol. The third-order valence-corrected chi connectivity index (χ3v) is 2.66. The van der Waals surface area contributed by atoms with E-state index in [9.17, 15) is 0 Å². The zero-order valence-corrected chi connectivity index (χ0v) is 9.39. The Kier molecular flexibility index (Phi) is 6.00. The van der Waals surface area contributed by atoms with Crippen LogP contribution in [0.15, 0.2) is 12.7 Å². The molecule has 2 nitrogen and oxygen atoms in total. The van der Waals surface area contributed by atoms with Crippen LogP contribution in [0.3, 0.4) is 0 Å². The Hall–Kier alpha value is -0.340. The fourth-order valence-corrected chi connectivity index (χ4v) is 1.62. The van der Waals surface area contributed by atoms with E-state index < -0.39 is 0 Å². The summed E-state index contributed by atoms with van der Waals surface area (Å²) in [4.78, 5) is 0. The van der Waals surface area contributed by atoms with E-state index in [1.807, 2.05) is 20.0 Å². The molecule has 0 rings (SSSR count). The summed E-state index contributed by atoms with van der Waals surface area (Å²) in [5.74, 6) is 0. The minimum Gasteiger partial charge on any atom is -0.374 e. The molecule has 0 aliphatic rings. The van der Waals surface area contributed by atoms with Crippen molar-refractivity contribution in [3.8, 4) is 0 Å². The van der Waals surface area contributed by atoms with Crippen LogP contribution in [0.25, 0.3) is 0 Å². The number of hydrogen-bond acceptors (Lipinski definition) is 2. The van der Waals surface area contributed by atoms with Crippen LogP contribution in [0, 0.1) is 0 Å². The Labute approximate surface area is 82.4 Å². The van der Waals surface area contributed by atoms with Crippen molar-refractivity contribution in [2.75, 3.05) is 13.7 Å². The summed E-state index contributed by atoms with van der Waals surface area (Å²) in [5, 5.41) is 3.28. The van der Waals surface area contributed by atoms with Gasteiger partial charge in [-0.05, 0) is 33.7 Å². The van der Waals surface area contributed by atoms with Crippen molar-refractivity contribution in [3.05, 3.63) is 12.7 Å². The normalized spacial score (nSPS) is 17.8. The second kappa shape index (κ2) is 6.17. The van der Waals surface area contributed by atoms with Crippen molar-refractivity contribution in [3.63, 3.8) is 0 Å². The second-order valence-electron chi connectivity index (χ2n) is 3.46. The maximum atomic E-state index is 5.77. The highest BCUT2D eigenvalue weighted by atomic mass is 16.5. The first kappa shape index (κ1) is 12.7. The van der Waals surface area contributed by atoms with Gasteiger partial charge in [-0.25, -0.2) is 0 Å². The van der Waals surface area contributed by atoms with Gasteiger partial charge in [-0.3, -0.25) is 0 Å². The Balaban J connectivity index is 4.37. The van der Waals surface area contributed by atoms with E-state index in [1.54, 1.807) is 0 Å². The Morgan fingerprint density at radius 1 is 1.54 bits per heavy atom. The van der Waals surface area contributed by atoms with Crippen molar-refractivity contribution in [2.24, 2.45) is 0 Å². The van der Waals surface area contributed by atoms with Crippen LogP contribution in [0.5, 0.6) is 0 Å². The quantitative estimate of drug-likeness (QED) is 0.615. The predicted molar refractivity (Wildman–Crippen MR) is 58.0 cm³/mol. The van der Waals surface area contributed by atoms with Gasteiger partial charge in [0.1, 0.15) is 0 Å². The largest absolute Gasteiger partial charge is 0.374 e. The summed E-state index contributed by atoms with van der Waals surface area (Å²) in [6, 6.07) is 0.356. The lowest BCUT2D eigenvalue weighted by Gasteiger charge is -2.36. The van der Waals surface area contributed by atoms with Gasteiger partial charge in [-0.2, -0.15) is 0 Å². The summed E-state index contributed by atoms with van der Waals surface area (Å²) in [6.45, 7) is 10.9. The zero-order valence-electron chi connectivity index (χ0n) is 9.39. The Morgan fingerprint density at radius 3 is 2.46 bits per heavy atom. The van der Waals surface area contributed by atoms with Gasteiger partial charge in [0.2, 0.25) is 0 Å². The lowest BCUT2D eigenvalue weighted by atomic mass is 9.91. The third kappa shape index (κ3) is 3.49. The molecular formula is C11H23NO. The molecule has 0 bridgehead atoms. The van der Waals surface area contributed by atoms with Crippen LogP contribution in [0.1, 0.15) is 33.6 Å². The molecule has 0 aromatic heterocycles. The molecule has 1 N–H and O–H groups in total. The van der Waals surface area contributed by atoms with Gasteiger partial charge in [0, 0.05) is 12.6 Å². The van der Waals surface area contributed by atoms with Crippen molar-refractivity contribution in [1.82, 2.24) is 5.32 Å². The first-order valence-electron chi connectivity index (χ1n) is 5.06. The molecule has 13 heavy (non-hydrogen) atoms. The lowest BCUT2D eigenvalue weighted by Crippen LogP contribution is -2.48. The third-order valence-electron chi connectivity index (χ3n) is 2.66. The van der Waals surface area contributed by atoms with E-state index in [4.69, 9.17) is 4.74 Å². The van der Waals surface area contributed by atoms with Crippen molar-refractivity contribution in [2.45, 2.75) is 45.3 Å². The predicted octanol–water partition coefficient (Wildman–Crippen LogP) is 2.36. The summed E-state index contributed by atoms with van der Waals surface area (Å²) in [5.41, 5.74) is -0.0717. The molecule has 0 aliphatic heterocycles. The summed E-state index contributed by atoms with van der Waals surface area (Å²) in [7, 11) is 1.97. The number of hydrogen-bond donors (Lipinski definition) is 1. The molecule has 0 amide bonds. The number of nitrogens with one attached hydrogen (secondary N) is 1. The van der Waals surface area contributed by atoms with E-state index in [0.717, 1.165) is 19.4 Å². The number of rotatable bonds is 7. The maximum absolute atomic E-state index is 5.77. The van der Waals surface area contributed by atoms with Gasteiger partial charge in [-0.15, -0.1) is 6.58 Å². The minimum absolute atomic E-state index is 0.0717. The average Bonchev–Trinajstić information content (AvgIpc) is 2.14. The molecule has 78 valence electrons. The first-order valence-corrected chi connectivity index (χ1v) is 5.06. The SMILES string of the molecule is C=CCC(NC)C(C)(CC)OCC. The van der Waals surface area contributed by atoms with E-state index in [-0.39, 0.29) is 5.60 Å². The fraction of sp³-hybridized carbons (Fsp3) is 0.818. The molecule has 0 saturated heterocycles. The van der Waals surface area contributed by atoms with Crippen molar-refractivity contribution < 1.29 is 4.74 Å². The summed E-state index contributed by atoms with van der Waals surface area (Å²) < 4.78 is 5.77. The number of ether oxygens (including phenoxy) is 1. The molecule has 0 heterocycles. The van der Waals surface area contributed by atoms with Crippen LogP contribution >= 0.6 is 0 Å². The smallest absolute Gasteiger partial charge is 0.0806 e. The standard InChI is InChI=1S/C11H23NO/c1-6-9-10(12-5)11(4,7-2)13-8-3/h6,10,12H,1,7-9H2,2-5H3. The number of likely N-dealkylation sites (N-methyl/N-ethyl adjacent to an activating group) is 1. The first-order chi connectivity index (χ1) is 6.14. The van der Waals surface area contributed by atoms with Gasteiger partial charge in [0.05, 0.1) is 5.60 Å². The Morgan fingerprint density at radius 2 is 2.15 bits per heavy atom. The van der Waals surface area contributed by atoms with Crippen molar-refractivity contribution >= 4 is 0 Å². The molecule has 0 aliphatic carbocycles. The second-order valence-corrected chi connectivity index (χ2v) is 3.46. The van der Waals surface area contributed by atoms with Crippen LogP contribution in [0.2, 0.25) is 0 Å². The van der Waals surface area contributed by atoms with E-state index in [0.29, 0.717) is 6.04 Å². The monoisotopic (exact) mass is 185 g/mol. The molecular weight excluding hydrogens is 162 g/mol. The van der Waals surface area contributed by atoms with E-state index in [2.05, 4.69) is 25.7 Å². The molecule has 0 saturated carbocycles. The Bertz CT molecular complexity index is 147. The molecule has 0 fully saturated rings. The maximum Gasteiger partial charge on any atom is 0.0806 e. The lowest BCUT2D eigenvalue weighted by molar-refractivity contribution is -0.0528. The molecule has 2 atom stereocenters. The van der Waals surface area contributed by atoms with Crippen LogP contribution in [0.4, 0.5) is 0 Å². The highest BCUT2D eigenvalue weighted by molar-refractivity contribution is 4.92. The van der Waals surface area contributed by atoms with Crippen LogP contribution < -0.4 is 5.32 Å². The van der Waals surface area contributed by atoms with Crippen molar-refractivity contribution in [1.29, 1.82) is 0 Å². The molecule has 0 radical (unpaired) electrons. The van der Waals surface area contributed by atoms with Gasteiger partial charge in [-0.1, -0.05) is 13.0 Å². The topological polar surface area (TPSA) is 21.3 Å². The summed E-state index contributed by atoms with van der Waals surface area (Å²) in [6.07, 6.45) is 3.90.